The topological polar surface area (TPSA) is 107 Å². The van der Waals surface area contributed by atoms with Gasteiger partial charge in [0.05, 0.1) is 12.6 Å². The minimum atomic E-state index is -3.91. The van der Waals surface area contributed by atoms with Crippen molar-refractivity contribution in [2.45, 2.75) is 42.5 Å². The van der Waals surface area contributed by atoms with Gasteiger partial charge in [-0.25, -0.2) is 8.42 Å². The van der Waals surface area contributed by atoms with Crippen molar-refractivity contribution < 1.29 is 22.8 Å². The number of hydrogen-bond acceptors (Lipinski definition) is 6. The van der Waals surface area contributed by atoms with E-state index in [-0.39, 0.29) is 28.6 Å². The van der Waals surface area contributed by atoms with E-state index >= 15 is 0 Å². The van der Waals surface area contributed by atoms with E-state index in [1.54, 1.807) is 41.1 Å². The molecule has 2 unspecified atom stereocenters. The summed E-state index contributed by atoms with van der Waals surface area (Å²) in [5, 5.41) is 1.24. The zero-order chi connectivity index (χ0) is 24.6. The van der Waals surface area contributed by atoms with Gasteiger partial charge < -0.3 is 14.7 Å². The lowest BCUT2D eigenvalue weighted by molar-refractivity contribution is -0.142. The third-order valence-corrected chi connectivity index (χ3v) is 9.73. The molecule has 2 aromatic rings. The zero-order valence-corrected chi connectivity index (χ0v) is 21.4. The molecule has 0 spiro atoms. The monoisotopic (exact) mass is 526 g/mol. The lowest BCUT2D eigenvalue weighted by Gasteiger charge is -2.33. The number of carbonyl (C=O) groups is 3. The summed E-state index contributed by atoms with van der Waals surface area (Å²) in [7, 11) is -2.20. The molecule has 2 aliphatic rings. The molecule has 3 amide bonds. The third-order valence-electron chi connectivity index (χ3n) is 6.44. The molecule has 4 rings (SSSR count). The fourth-order valence-electron chi connectivity index (χ4n) is 4.38. The normalized spacial score (nSPS) is 21.3. The Morgan fingerprint density at radius 2 is 2.00 bits per heavy atom. The Hall–Kier alpha value is -2.21. The molecule has 1 aromatic heterocycles. The Bertz CT molecular complexity index is 1230. The predicted molar refractivity (Wildman–Crippen MR) is 130 cm³/mol. The molecule has 1 N–H and O–H groups in total. The number of nitrogens with one attached hydrogen (secondary N) is 1. The molecular formula is C22H27ClN4O5S2. The summed E-state index contributed by atoms with van der Waals surface area (Å²) in [5.41, 5.74) is 0. The molecule has 2 saturated heterocycles. The van der Waals surface area contributed by atoms with E-state index in [0.717, 1.165) is 21.4 Å². The first-order valence-electron chi connectivity index (χ1n) is 11.1. The van der Waals surface area contributed by atoms with E-state index < -0.39 is 22.0 Å². The number of nitrogens with zero attached hydrogens (tertiary/aromatic N) is 3. The van der Waals surface area contributed by atoms with Gasteiger partial charge in [-0.3, -0.25) is 14.4 Å². The summed E-state index contributed by atoms with van der Waals surface area (Å²) < 4.78 is 29.4. The van der Waals surface area contributed by atoms with Crippen LogP contribution in [0.2, 0.25) is 5.02 Å². The molecule has 0 radical (unpaired) electrons. The van der Waals surface area contributed by atoms with Crippen LogP contribution in [0.3, 0.4) is 0 Å². The first kappa shape index (κ1) is 24.9. The van der Waals surface area contributed by atoms with Gasteiger partial charge in [0.15, 0.2) is 0 Å². The summed E-state index contributed by atoms with van der Waals surface area (Å²) in [6, 6.07) is 5.75. The van der Waals surface area contributed by atoms with Crippen LogP contribution in [0.1, 0.15) is 26.2 Å². The van der Waals surface area contributed by atoms with Gasteiger partial charge in [0.25, 0.3) is 10.0 Å². The van der Waals surface area contributed by atoms with Gasteiger partial charge in [0.2, 0.25) is 17.7 Å². The first-order valence-corrected chi connectivity index (χ1v) is 13.7. The number of likely N-dealkylation sites (N-methyl/N-ethyl adjacent to an activating group) is 1. The molecule has 184 valence electrons. The van der Waals surface area contributed by atoms with Crippen LogP contribution in [-0.2, 0) is 24.4 Å². The SMILES string of the molecule is CC(=O)N(C)C1CCN(C(=O)CN2CCCC(NS(=O)(=O)c3cc4cc(Cl)ccc4s3)C2=O)C1. The fourth-order valence-corrected chi connectivity index (χ4v) is 7.18. The zero-order valence-electron chi connectivity index (χ0n) is 19.0. The van der Waals surface area contributed by atoms with Crippen molar-refractivity contribution in [2.24, 2.45) is 0 Å². The van der Waals surface area contributed by atoms with Crippen LogP contribution >= 0.6 is 22.9 Å². The number of benzene rings is 1. The van der Waals surface area contributed by atoms with Crippen LogP contribution in [0.25, 0.3) is 10.1 Å². The quantitative estimate of drug-likeness (QED) is 0.618. The molecule has 2 aliphatic heterocycles. The molecule has 2 fully saturated rings. The summed E-state index contributed by atoms with van der Waals surface area (Å²) >= 11 is 7.11. The van der Waals surface area contributed by atoms with Crippen molar-refractivity contribution in [1.82, 2.24) is 19.4 Å². The van der Waals surface area contributed by atoms with Gasteiger partial charge in [-0.05, 0) is 48.9 Å². The van der Waals surface area contributed by atoms with Gasteiger partial charge in [0.1, 0.15) is 10.3 Å². The summed E-state index contributed by atoms with van der Waals surface area (Å²) in [6.45, 7) is 2.74. The number of hydrogen-bond donors (Lipinski definition) is 1. The van der Waals surface area contributed by atoms with Gasteiger partial charge >= 0.3 is 0 Å². The van der Waals surface area contributed by atoms with Gasteiger partial charge in [0, 0.05) is 43.3 Å². The number of carbonyl (C=O) groups excluding carboxylic acids is 3. The standard InChI is InChI=1S/C22H27ClN4O5S2/c1-14(28)25(2)17-7-9-26(12-17)20(29)13-27-8-3-4-18(22(27)30)24-34(31,32)21-11-15-10-16(23)5-6-19(15)33-21/h5-6,10-11,17-18,24H,3-4,7-9,12-13H2,1-2H3. The van der Waals surface area contributed by atoms with E-state index in [1.807, 2.05) is 0 Å². The van der Waals surface area contributed by atoms with E-state index in [4.69, 9.17) is 11.6 Å². The smallest absolute Gasteiger partial charge is 0.250 e. The highest BCUT2D eigenvalue weighted by Gasteiger charge is 2.36. The van der Waals surface area contributed by atoms with Crippen molar-refractivity contribution in [3.05, 3.63) is 29.3 Å². The number of halogens is 1. The van der Waals surface area contributed by atoms with Crippen molar-refractivity contribution in [3.63, 3.8) is 0 Å². The second-order valence-corrected chi connectivity index (χ2v) is 12.2. The Morgan fingerprint density at radius 1 is 1.24 bits per heavy atom. The molecule has 0 aliphatic carbocycles. The number of likely N-dealkylation sites (tertiary alicyclic amines) is 2. The minimum Gasteiger partial charge on any atom is -0.341 e. The van der Waals surface area contributed by atoms with Crippen molar-refractivity contribution >= 4 is 60.8 Å². The lowest BCUT2D eigenvalue weighted by Crippen LogP contribution is -2.54. The molecule has 3 heterocycles. The van der Waals surface area contributed by atoms with Gasteiger partial charge in [-0.15, -0.1) is 11.3 Å². The summed E-state index contributed by atoms with van der Waals surface area (Å²) in [5.74, 6) is -0.649. The lowest BCUT2D eigenvalue weighted by atomic mass is 10.1. The maximum Gasteiger partial charge on any atom is 0.250 e. The Balaban J connectivity index is 1.39. The van der Waals surface area contributed by atoms with E-state index in [2.05, 4.69) is 4.72 Å². The van der Waals surface area contributed by atoms with Gasteiger partial charge in [-0.1, -0.05) is 11.6 Å². The van der Waals surface area contributed by atoms with E-state index in [9.17, 15) is 22.8 Å². The predicted octanol–water partition coefficient (Wildman–Crippen LogP) is 1.90. The summed E-state index contributed by atoms with van der Waals surface area (Å²) in [4.78, 5) is 42.2. The molecule has 2 atom stereocenters. The number of fused-ring (bicyclic) bond motifs is 1. The van der Waals surface area contributed by atoms with Crippen molar-refractivity contribution in [3.8, 4) is 0 Å². The number of amides is 3. The van der Waals surface area contributed by atoms with Crippen LogP contribution in [-0.4, -0.2) is 86.1 Å². The molecule has 12 heteroatoms. The highest BCUT2D eigenvalue weighted by atomic mass is 35.5. The minimum absolute atomic E-state index is 0.0331. The van der Waals surface area contributed by atoms with Gasteiger partial charge in [-0.2, -0.15) is 4.72 Å². The van der Waals surface area contributed by atoms with Crippen molar-refractivity contribution in [2.75, 3.05) is 33.2 Å². The fraction of sp³-hybridized carbons (Fsp3) is 0.500. The number of rotatable bonds is 6. The number of thiophene rings is 1. The van der Waals surface area contributed by atoms with E-state index in [0.29, 0.717) is 43.9 Å². The second-order valence-electron chi connectivity index (χ2n) is 8.74. The maximum absolute atomic E-state index is 13.0. The molecule has 0 bridgehead atoms. The second kappa shape index (κ2) is 9.80. The molecular weight excluding hydrogens is 500 g/mol. The van der Waals surface area contributed by atoms with Crippen molar-refractivity contribution in [1.29, 1.82) is 0 Å². The van der Waals surface area contributed by atoms with Crippen LogP contribution in [0, 0.1) is 0 Å². The molecule has 34 heavy (non-hydrogen) atoms. The number of sulfonamides is 1. The van der Waals surface area contributed by atoms with Crippen LogP contribution in [0.15, 0.2) is 28.5 Å². The average molecular weight is 527 g/mol. The number of piperidine rings is 1. The highest BCUT2D eigenvalue weighted by Crippen LogP contribution is 2.31. The van der Waals surface area contributed by atoms with E-state index in [1.165, 1.54) is 11.8 Å². The molecule has 9 nitrogen and oxygen atoms in total. The van der Waals surface area contributed by atoms with Crippen LogP contribution in [0.4, 0.5) is 0 Å². The molecule has 0 saturated carbocycles. The maximum atomic E-state index is 13.0. The Morgan fingerprint density at radius 3 is 2.74 bits per heavy atom. The molecule has 1 aromatic carbocycles. The third kappa shape index (κ3) is 5.22. The Kier molecular flexibility index (Phi) is 7.18. The average Bonchev–Trinajstić information content (AvgIpc) is 3.43. The summed E-state index contributed by atoms with van der Waals surface area (Å²) in [6.07, 6.45) is 1.65. The Labute approximate surface area is 207 Å². The largest absolute Gasteiger partial charge is 0.341 e. The highest BCUT2D eigenvalue weighted by molar-refractivity contribution is 7.91. The van der Waals surface area contributed by atoms with Crippen LogP contribution in [0.5, 0.6) is 0 Å². The first-order chi connectivity index (χ1) is 16.0. The van der Waals surface area contributed by atoms with Crippen LogP contribution < -0.4 is 4.72 Å².